The first-order valence-corrected chi connectivity index (χ1v) is 14.2. The molecule has 3 amide bonds. The lowest BCUT2D eigenvalue weighted by molar-refractivity contribution is -0.122. The molecule has 0 atom stereocenters. The summed E-state index contributed by atoms with van der Waals surface area (Å²) in [5, 5.41) is 2.66. The van der Waals surface area contributed by atoms with Crippen LogP contribution in [0.3, 0.4) is 0 Å². The van der Waals surface area contributed by atoms with Gasteiger partial charge in [0.1, 0.15) is 10.3 Å². The van der Waals surface area contributed by atoms with Gasteiger partial charge in [-0.25, -0.2) is 4.98 Å². The predicted octanol–water partition coefficient (Wildman–Crippen LogP) is 5.44. The Labute approximate surface area is 260 Å². The Hall–Kier alpha value is -3.99. The number of halogens is 3. The molecule has 0 aliphatic heterocycles. The van der Waals surface area contributed by atoms with E-state index in [1.54, 1.807) is 67.2 Å². The van der Waals surface area contributed by atoms with Crippen molar-refractivity contribution < 1.29 is 19.2 Å². The number of rotatable bonds is 8. The number of fused-ring (bicyclic) bond motifs is 1. The zero-order valence-electron chi connectivity index (χ0n) is 23.1. The van der Waals surface area contributed by atoms with Crippen molar-refractivity contribution >= 4 is 80.0 Å². The molecule has 0 fully saturated rings. The lowest BCUT2D eigenvalue weighted by Crippen LogP contribution is -2.37. The van der Waals surface area contributed by atoms with Gasteiger partial charge in [0.2, 0.25) is 11.8 Å². The van der Waals surface area contributed by atoms with Gasteiger partial charge in [0.15, 0.2) is 5.78 Å². The third-order valence-electron chi connectivity index (χ3n) is 6.43. The standard InChI is InChI=1S/C30H26BrCl2N5O4/c1-17-28(31)38-15-5-6-20(29(38)35-17)27(41)25-21(32)12-13-22(26(25)33)37(4)24(40)16-34-23(39)14-9-18-7-10-19(11-8-18)30(42)36(2)3/h5-15H,16H2,1-4H3,(H,34,39)/b14-9+. The summed E-state index contributed by atoms with van der Waals surface area (Å²) in [6, 6.07) is 13.1. The number of nitrogens with one attached hydrogen (secondary N) is 1. The molecule has 2 heterocycles. The Kier molecular flexibility index (Phi) is 9.50. The number of anilines is 1. The Bertz CT molecular complexity index is 1750. The molecule has 9 nitrogen and oxygen atoms in total. The van der Waals surface area contributed by atoms with Crippen LogP contribution in [0.5, 0.6) is 0 Å². The molecule has 216 valence electrons. The molecule has 0 bridgehead atoms. The van der Waals surface area contributed by atoms with Crippen LogP contribution in [0.4, 0.5) is 5.69 Å². The van der Waals surface area contributed by atoms with E-state index in [2.05, 4.69) is 26.2 Å². The molecule has 42 heavy (non-hydrogen) atoms. The van der Waals surface area contributed by atoms with Gasteiger partial charge >= 0.3 is 0 Å². The second-order valence-electron chi connectivity index (χ2n) is 9.51. The van der Waals surface area contributed by atoms with Crippen LogP contribution >= 0.6 is 39.1 Å². The SMILES string of the molecule is Cc1nc2c(C(=O)c3c(Cl)ccc(N(C)C(=O)CNC(=O)/C=C/c4ccc(C(=O)N(C)C)cc4)c3Cl)cccn2c1Br. The smallest absolute Gasteiger partial charge is 0.253 e. The number of likely N-dealkylation sites (N-methyl/N-ethyl adjacent to an activating group) is 1. The first-order chi connectivity index (χ1) is 19.9. The molecule has 4 aromatic rings. The van der Waals surface area contributed by atoms with Crippen molar-refractivity contribution in [2.24, 2.45) is 0 Å². The molecule has 12 heteroatoms. The number of aromatic nitrogens is 2. The fourth-order valence-electron chi connectivity index (χ4n) is 4.11. The van der Waals surface area contributed by atoms with E-state index in [1.165, 1.54) is 35.1 Å². The minimum atomic E-state index is -0.488. The highest BCUT2D eigenvalue weighted by Crippen LogP contribution is 2.36. The minimum Gasteiger partial charge on any atom is -0.345 e. The number of hydrogen-bond donors (Lipinski definition) is 1. The third-order valence-corrected chi connectivity index (χ3v) is 8.09. The van der Waals surface area contributed by atoms with Crippen molar-refractivity contribution in [2.45, 2.75) is 6.92 Å². The van der Waals surface area contributed by atoms with E-state index in [4.69, 9.17) is 23.2 Å². The van der Waals surface area contributed by atoms with Gasteiger partial charge in [0.05, 0.1) is 39.1 Å². The number of carbonyl (C=O) groups excluding carboxylic acids is 4. The Morgan fingerprint density at radius 3 is 2.38 bits per heavy atom. The highest BCUT2D eigenvalue weighted by atomic mass is 79.9. The van der Waals surface area contributed by atoms with E-state index in [0.29, 0.717) is 28.0 Å². The molecular weight excluding hydrogens is 645 g/mol. The van der Waals surface area contributed by atoms with Crippen molar-refractivity contribution in [1.29, 1.82) is 0 Å². The average molecular weight is 671 g/mol. The number of amides is 3. The number of nitrogens with zero attached hydrogens (tertiary/aromatic N) is 4. The molecule has 0 radical (unpaired) electrons. The van der Waals surface area contributed by atoms with E-state index in [-0.39, 0.29) is 33.7 Å². The molecule has 0 saturated carbocycles. The lowest BCUT2D eigenvalue weighted by atomic mass is 10.0. The van der Waals surface area contributed by atoms with Crippen LogP contribution in [0.1, 0.15) is 37.5 Å². The van der Waals surface area contributed by atoms with Gasteiger partial charge in [0, 0.05) is 39.0 Å². The maximum absolute atomic E-state index is 13.6. The maximum Gasteiger partial charge on any atom is 0.253 e. The van der Waals surface area contributed by atoms with Crippen LogP contribution in [-0.4, -0.2) is 65.5 Å². The highest BCUT2D eigenvalue weighted by Gasteiger charge is 2.25. The van der Waals surface area contributed by atoms with E-state index in [0.717, 1.165) is 4.60 Å². The summed E-state index contributed by atoms with van der Waals surface area (Å²) in [4.78, 5) is 58.1. The van der Waals surface area contributed by atoms with E-state index < -0.39 is 17.6 Å². The first kappa shape index (κ1) is 31.0. The number of ketones is 1. The summed E-state index contributed by atoms with van der Waals surface area (Å²) in [5.41, 5.74) is 2.95. The number of hydrogen-bond acceptors (Lipinski definition) is 5. The third kappa shape index (κ3) is 6.41. The largest absolute Gasteiger partial charge is 0.345 e. The summed E-state index contributed by atoms with van der Waals surface area (Å²) in [5.74, 6) is -1.53. The lowest BCUT2D eigenvalue weighted by Gasteiger charge is -2.21. The summed E-state index contributed by atoms with van der Waals surface area (Å²) in [6.07, 6.45) is 4.64. The number of pyridine rings is 1. The van der Waals surface area contributed by atoms with Gasteiger partial charge in [-0.2, -0.15) is 0 Å². The number of aryl methyl sites for hydroxylation is 1. The van der Waals surface area contributed by atoms with E-state index in [9.17, 15) is 19.2 Å². The van der Waals surface area contributed by atoms with Gasteiger partial charge in [0.25, 0.3) is 5.91 Å². The second kappa shape index (κ2) is 12.9. The molecular formula is C30H26BrCl2N5O4. The second-order valence-corrected chi connectivity index (χ2v) is 11.0. The van der Waals surface area contributed by atoms with Crippen molar-refractivity contribution in [3.63, 3.8) is 0 Å². The molecule has 0 saturated heterocycles. The quantitative estimate of drug-likeness (QED) is 0.199. The number of imidazole rings is 1. The molecule has 0 aliphatic carbocycles. The van der Waals surface area contributed by atoms with Crippen LogP contribution in [0.2, 0.25) is 10.0 Å². The molecule has 2 aromatic heterocycles. The van der Waals surface area contributed by atoms with Crippen LogP contribution in [-0.2, 0) is 9.59 Å². The monoisotopic (exact) mass is 669 g/mol. The summed E-state index contributed by atoms with van der Waals surface area (Å²) < 4.78 is 2.46. The minimum absolute atomic E-state index is 0.00452. The van der Waals surface area contributed by atoms with Crippen molar-refractivity contribution in [3.8, 4) is 0 Å². The van der Waals surface area contributed by atoms with E-state index >= 15 is 0 Å². The summed E-state index contributed by atoms with van der Waals surface area (Å²) >= 11 is 16.5. The molecule has 2 aromatic carbocycles. The van der Waals surface area contributed by atoms with Crippen molar-refractivity contribution in [3.05, 3.63) is 103 Å². The average Bonchev–Trinajstić information content (AvgIpc) is 3.27. The fraction of sp³-hybridized carbons (Fsp3) is 0.167. The molecule has 0 aliphatic rings. The van der Waals surface area contributed by atoms with Gasteiger partial charge in [-0.05, 0) is 70.9 Å². The topological polar surface area (TPSA) is 104 Å². The van der Waals surface area contributed by atoms with Gasteiger partial charge in [-0.15, -0.1) is 0 Å². The summed E-state index contributed by atoms with van der Waals surface area (Å²) in [6.45, 7) is 1.49. The molecule has 4 rings (SSSR count). The zero-order valence-corrected chi connectivity index (χ0v) is 26.2. The van der Waals surface area contributed by atoms with Gasteiger partial charge < -0.3 is 15.1 Å². The zero-order chi connectivity index (χ0) is 30.7. The van der Waals surface area contributed by atoms with Crippen molar-refractivity contribution in [1.82, 2.24) is 19.6 Å². The number of benzene rings is 2. The molecule has 0 spiro atoms. The van der Waals surface area contributed by atoms with Gasteiger partial charge in [-0.1, -0.05) is 35.3 Å². The predicted molar refractivity (Wildman–Crippen MR) is 167 cm³/mol. The van der Waals surface area contributed by atoms with Gasteiger partial charge in [-0.3, -0.25) is 23.6 Å². The van der Waals surface area contributed by atoms with Crippen molar-refractivity contribution in [2.75, 3.05) is 32.6 Å². The first-order valence-electron chi connectivity index (χ1n) is 12.6. The van der Waals surface area contributed by atoms with Crippen LogP contribution in [0.25, 0.3) is 11.7 Å². The summed E-state index contributed by atoms with van der Waals surface area (Å²) in [7, 11) is 4.82. The normalized spacial score (nSPS) is 11.1. The van der Waals surface area contributed by atoms with Crippen LogP contribution < -0.4 is 10.2 Å². The van der Waals surface area contributed by atoms with Crippen LogP contribution in [0.15, 0.2) is 65.4 Å². The Morgan fingerprint density at radius 1 is 1.02 bits per heavy atom. The fourth-order valence-corrected chi connectivity index (χ4v) is 5.16. The van der Waals surface area contributed by atoms with E-state index in [1.807, 2.05) is 6.92 Å². The highest BCUT2D eigenvalue weighted by molar-refractivity contribution is 9.10. The van der Waals surface area contributed by atoms with Crippen LogP contribution in [0, 0.1) is 6.92 Å². The Morgan fingerprint density at radius 2 is 1.71 bits per heavy atom. The number of carbonyl (C=O) groups is 4. The molecule has 1 N–H and O–H groups in total. The Balaban J connectivity index is 1.46. The molecule has 0 unspecified atom stereocenters. The maximum atomic E-state index is 13.6.